The van der Waals surface area contributed by atoms with Crippen LogP contribution >= 0.6 is 23.2 Å². The summed E-state index contributed by atoms with van der Waals surface area (Å²) in [6, 6.07) is 2.56. The number of carboxylic acid groups (broad SMARTS) is 1. The number of ether oxygens (including phenoxy) is 1. The summed E-state index contributed by atoms with van der Waals surface area (Å²) in [5.74, 6) is -2.70. The molecule has 0 saturated carbocycles. The number of carboxylic acids is 1. The number of halogens is 2. The molecule has 6 heteroatoms. The highest BCUT2D eigenvalue weighted by molar-refractivity contribution is 6.43. The smallest absolute Gasteiger partial charge is 0.377 e. The van der Waals surface area contributed by atoms with Crippen LogP contribution in [-0.2, 0) is 4.79 Å². The molecule has 0 atom stereocenters. The normalized spacial score (nSPS) is 9.80. The van der Waals surface area contributed by atoms with Crippen molar-refractivity contribution < 1.29 is 19.4 Å². The zero-order valence-corrected chi connectivity index (χ0v) is 9.09. The summed E-state index contributed by atoms with van der Waals surface area (Å²) in [6.45, 7) is 0. The van der Waals surface area contributed by atoms with Gasteiger partial charge >= 0.3 is 5.97 Å². The zero-order chi connectivity index (χ0) is 11.6. The molecular formula is C9H6Cl2O4. The fourth-order valence-electron chi connectivity index (χ4n) is 1.05. The third-order valence-electron chi connectivity index (χ3n) is 1.65. The number of hydrogen-bond acceptors (Lipinski definition) is 3. The van der Waals surface area contributed by atoms with Crippen LogP contribution in [0.15, 0.2) is 12.1 Å². The molecule has 0 spiro atoms. The van der Waals surface area contributed by atoms with Crippen LogP contribution in [-0.4, -0.2) is 24.0 Å². The molecule has 1 aromatic carbocycles. The van der Waals surface area contributed by atoms with E-state index in [1.165, 1.54) is 19.2 Å². The Balaban J connectivity index is 3.38. The lowest BCUT2D eigenvalue weighted by Crippen LogP contribution is -2.14. The van der Waals surface area contributed by atoms with Crippen molar-refractivity contribution in [3.63, 3.8) is 0 Å². The Morgan fingerprint density at radius 3 is 2.40 bits per heavy atom. The fourth-order valence-corrected chi connectivity index (χ4v) is 1.62. The molecule has 0 fully saturated rings. The highest BCUT2D eigenvalue weighted by Crippen LogP contribution is 2.32. The average Bonchev–Trinajstić information content (AvgIpc) is 2.15. The summed E-state index contributed by atoms with van der Waals surface area (Å²) in [5, 5.41) is 8.81. The lowest BCUT2D eigenvalue weighted by Gasteiger charge is -2.07. The van der Waals surface area contributed by atoms with Crippen molar-refractivity contribution in [2.24, 2.45) is 0 Å². The summed E-state index contributed by atoms with van der Waals surface area (Å²) < 4.78 is 4.83. The van der Waals surface area contributed by atoms with Gasteiger partial charge in [0.15, 0.2) is 0 Å². The monoisotopic (exact) mass is 248 g/mol. The minimum atomic E-state index is -1.59. The molecule has 0 heterocycles. The average molecular weight is 249 g/mol. The Hall–Kier alpha value is -1.26. The third kappa shape index (κ3) is 2.40. The van der Waals surface area contributed by atoms with Crippen LogP contribution in [0.2, 0.25) is 10.0 Å². The van der Waals surface area contributed by atoms with Gasteiger partial charge in [0, 0.05) is 5.02 Å². The molecule has 80 valence electrons. The van der Waals surface area contributed by atoms with Crippen LogP contribution in [0.4, 0.5) is 0 Å². The molecule has 0 aliphatic heterocycles. The first-order chi connectivity index (χ1) is 6.97. The van der Waals surface area contributed by atoms with Crippen molar-refractivity contribution >= 4 is 35.0 Å². The van der Waals surface area contributed by atoms with E-state index in [0.29, 0.717) is 0 Å². The molecular weight excluding hydrogens is 243 g/mol. The van der Waals surface area contributed by atoms with Crippen molar-refractivity contribution in [1.29, 1.82) is 0 Å². The number of benzene rings is 1. The van der Waals surface area contributed by atoms with Crippen LogP contribution in [0.25, 0.3) is 0 Å². The van der Waals surface area contributed by atoms with E-state index in [1.54, 1.807) is 0 Å². The molecule has 0 saturated heterocycles. The molecule has 1 aromatic rings. The summed E-state index contributed by atoms with van der Waals surface area (Å²) in [6.07, 6.45) is 0. The van der Waals surface area contributed by atoms with Gasteiger partial charge in [-0.05, 0) is 12.1 Å². The fraction of sp³-hybridized carbons (Fsp3) is 0.111. The van der Waals surface area contributed by atoms with Gasteiger partial charge in [-0.3, -0.25) is 4.79 Å². The van der Waals surface area contributed by atoms with Gasteiger partial charge in [-0.15, -0.1) is 0 Å². The summed E-state index contributed by atoms with van der Waals surface area (Å²) in [7, 11) is 1.29. The first-order valence-corrected chi connectivity index (χ1v) is 4.53. The summed E-state index contributed by atoms with van der Waals surface area (Å²) >= 11 is 11.4. The number of carbonyl (C=O) groups excluding carboxylic acids is 1. The van der Waals surface area contributed by atoms with Crippen LogP contribution < -0.4 is 4.74 Å². The number of Topliss-reactive ketones (excluding diaryl/α,β-unsaturated/α-hetero) is 1. The predicted octanol–water partition coefficient (Wildman–Crippen LogP) is 2.27. The highest BCUT2D eigenvalue weighted by atomic mass is 35.5. The van der Waals surface area contributed by atoms with Crippen molar-refractivity contribution in [3.8, 4) is 5.75 Å². The number of aliphatic carboxylic acids is 1. The molecule has 1 rings (SSSR count). The molecule has 0 aliphatic carbocycles. The van der Waals surface area contributed by atoms with Crippen LogP contribution in [0.3, 0.4) is 0 Å². The van der Waals surface area contributed by atoms with Crippen molar-refractivity contribution in [3.05, 3.63) is 27.7 Å². The number of rotatable bonds is 3. The molecule has 4 nitrogen and oxygen atoms in total. The van der Waals surface area contributed by atoms with Gasteiger partial charge in [0.2, 0.25) is 0 Å². The summed E-state index contributed by atoms with van der Waals surface area (Å²) in [4.78, 5) is 21.7. The van der Waals surface area contributed by atoms with Crippen molar-refractivity contribution in [2.75, 3.05) is 7.11 Å². The van der Waals surface area contributed by atoms with Gasteiger partial charge in [-0.1, -0.05) is 23.2 Å². The second-order valence-electron chi connectivity index (χ2n) is 2.60. The SMILES string of the molecule is COc1c(Cl)cc(Cl)cc1C(=O)C(=O)O. The van der Waals surface area contributed by atoms with Crippen LogP contribution in [0, 0.1) is 0 Å². The molecule has 15 heavy (non-hydrogen) atoms. The van der Waals surface area contributed by atoms with E-state index in [9.17, 15) is 9.59 Å². The maximum atomic E-state index is 11.2. The van der Waals surface area contributed by atoms with Gasteiger partial charge in [0.05, 0.1) is 17.7 Å². The Labute approximate surface area is 95.4 Å². The molecule has 1 N–H and O–H groups in total. The largest absolute Gasteiger partial charge is 0.494 e. The molecule has 0 aromatic heterocycles. The second kappa shape index (κ2) is 4.51. The number of methoxy groups -OCH3 is 1. The second-order valence-corrected chi connectivity index (χ2v) is 3.45. The van der Waals surface area contributed by atoms with E-state index in [2.05, 4.69) is 0 Å². The Morgan fingerprint density at radius 2 is 1.93 bits per heavy atom. The van der Waals surface area contributed by atoms with E-state index >= 15 is 0 Å². The predicted molar refractivity (Wildman–Crippen MR) is 55.0 cm³/mol. The van der Waals surface area contributed by atoms with Crippen molar-refractivity contribution in [1.82, 2.24) is 0 Å². The molecule has 0 aliphatic rings. The van der Waals surface area contributed by atoms with Gasteiger partial charge in [0.1, 0.15) is 5.75 Å². The minimum Gasteiger partial charge on any atom is -0.494 e. The van der Waals surface area contributed by atoms with E-state index in [1.807, 2.05) is 0 Å². The first-order valence-electron chi connectivity index (χ1n) is 3.78. The number of ketones is 1. The van der Waals surface area contributed by atoms with E-state index in [-0.39, 0.29) is 21.4 Å². The minimum absolute atomic E-state index is 0.00784. The molecule has 0 bridgehead atoms. The standard InChI is InChI=1S/C9H6Cl2O4/c1-15-8-5(7(12)9(13)14)2-4(10)3-6(8)11/h2-3H,1H3,(H,13,14). The van der Waals surface area contributed by atoms with Gasteiger partial charge in [-0.25, -0.2) is 4.79 Å². The van der Waals surface area contributed by atoms with E-state index < -0.39 is 11.8 Å². The highest BCUT2D eigenvalue weighted by Gasteiger charge is 2.22. The Bertz CT molecular complexity index is 428. The van der Waals surface area contributed by atoms with Crippen molar-refractivity contribution in [2.45, 2.75) is 0 Å². The topological polar surface area (TPSA) is 63.6 Å². The van der Waals surface area contributed by atoms with Crippen LogP contribution in [0.5, 0.6) is 5.75 Å². The summed E-state index contributed by atoms with van der Waals surface area (Å²) in [5.41, 5.74) is -0.164. The number of carbonyl (C=O) groups is 2. The Kier molecular flexibility index (Phi) is 3.55. The lowest BCUT2D eigenvalue weighted by molar-refractivity contribution is -0.131. The third-order valence-corrected chi connectivity index (χ3v) is 2.15. The first kappa shape index (κ1) is 11.8. The van der Waals surface area contributed by atoms with Gasteiger partial charge in [0.25, 0.3) is 5.78 Å². The molecule has 0 radical (unpaired) electrons. The van der Waals surface area contributed by atoms with Crippen LogP contribution in [0.1, 0.15) is 10.4 Å². The van der Waals surface area contributed by atoms with Gasteiger partial charge in [-0.2, -0.15) is 0 Å². The Morgan fingerprint density at radius 1 is 1.33 bits per heavy atom. The quantitative estimate of drug-likeness (QED) is 0.659. The van der Waals surface area contributed by atoms with Gasteiger partial charge < -0.3 is 9.84 Å². The van der Waals surface area contributed by atoms with E-state index in [0.717, 1.165) is 0 Å². The zero-order valence-electron chi connectivity index (χ0n) is 7.58. The maximum absolute atomic E-state index is 11.2. The van der Waals surface area contributed by atoms with E-state index in [4.69, 9.17) is 33.0 Å². The maximum Gasteiger partial charge on any atom is 0.377 e. The molecule has 0 amide bonds. The lowest BCUT2D eigenvalue weighted by atomic mass is 10.1. The molecule has 0 unspecified atom stereocenters. The number of hydrogen-bond donors (Lipinski definition) is 1.